The average Bonchev–Trinajstić information content (AvgIpc) is 2.88. The van der Waals surface area contributed by atoms with Gasteiger partial charge in [0.25, 0.3) is 0 Å². The average molecular weight is 375 g/mol. The van der Waals surface area contributed by atoms with Gasteiger partial charge in [0.2, 0.25) is 11.7 Å². The number of para-hydroxylation sites is 1. The van der Waals surface area contributed by atoms with Gasteiger partial charge < -0.3 is 4.74 Å². The number of benzene rings is 1. The first kappa shape index (κ1) is 17.6. The largest absolute Gasteiger partial charge is 0.320 e. The number of carbonyl (C=O) groups excluding carboxylic acids is 1. The highest BCUT2D eigenvalue weighted by Gasteiger charge is 2.70. The van der Waals surface area contributed by atoms with Gasteiger partial charge in [0.1, 0.15) is 5.82 Å². The smallest absolute Gasteiger partial charge is 0.232 e. The standard InChI is InChI=1S/C21H26FNO4/c1-12-8-9-15-13(2)18(24)23(17-7-5-4-6-16(17)22)19-21(15)14(12)10-11-20(3,25-19)26-27-21/h4-7,12-15,19H,8-11H2,1-3H3/t12?,13?,14?,15?,19?,20?,21-/m1/s1. The fraction of sp³-hybridized carbons (Fsp3) is 0.667. The fourth-order valence-corrected chi connectivity index (χ4v) is 5.95. The summed E-state index contributed by atoms with van der Waals surface area (Å²) >= 11 is 0. The number of halogens is 1. The summed E-state index contributed by atoms with van der Waals surface area (Å²) in [6.07, 6.45) is 2.87. The van der Waals surface area contributed by atoms with Crippen LogP contribution in [-0.2, 0) is 19.3 Å². The molecule has 6 unspecified atom stereocenters. The van der Waals surface area contributed by atoms with E-state index in [1.165, 1.54) is 11.0 Å². The van der Waals surface area contributed by atoms with E-state index in [1.807, 2.05) is 13.8 Å². The summed E-state index contributed by atoms with van der Waals surface area (Å²) in [5, 5.41) is 0. The molecule has 6 heteroatoms. The van der Waals surface area contributed by atoms with Crippen LogP contribution in [0.15, 0.2) is 24.3 Å². The number of ether oxygens (including phenoxy) is 1. The highest BCUT2D eigenvalue weighted by Crippen LogP contribution is 2.60. The van der Waals surface area contributed by atoms with Crippen molar-refractivity contribution in [3.63, 3.8) is 0 Å². The van der Waals surface area contributed by atoms with Crippen molar-refractivity contribution in [2.75, 3.05) is 4.90 Å². The molecule has 5 nitrogen and oxygen atoms in total. The van der Waals surface area contributed by atoms with E-state index in [1.54, 1.807) is 18.2 Å². The molecule has 0 aromatic heterocycles. The Hall–Kier alpha value is -1.50. The van der Waals surface area contributed by atoms with Crippen molar-refractivity contribution in [3.8, 4) is 0 Å². The number of rotatable bonds is 1. The van der Waals surface area contributed by atoms with Crippen molar-refractivity contribution in [1.29, 1.82) is 0 Å². The van der Waals surface area contributed by atoms with E-state index in [2.05, 4.69) is 6.92 Å². The van der Waals surface area contributed by atoms with Gasteiger partial charge in [-0.2, -0.15) is 0 Å². The van der Waals surface area contributed by atoms with Crippen molar-refractivity contribution in [1.82, 2.24) is 0 Å². The second-order valence-electron chi connectivity index (χ2n) is 8.88. The van der Waals surface area contributed by atoms with Crippen LogP contribution in [0.2, 0.25) is 0 Å². The maximum Gasteiger partial charge on any atom is 0.232 e. The van der Waals surface area contributed by atoms with Gasteiger partial charge in [-0.05, 0) is 50.2 Å². The van der Waals surface area contributed by atoms with Gasteiger partial charge in [0.15, 0.2) is 11.8 Å². The third-order valence-electron chi connectivity index (χ3n) is 7.37. The van der Waals surface area contributed by atoms with Gasteiger partial charge in [-0.1, -0.05) is 26.0 Å². The topological polar surface area (TPSA) is 48.0 Å². The van der Waals surface area contributed by atoms with Crippen LogP contribution < -0.4 is 4.90 Å². The van der Waals surface area contributed by atoms with Crippen molar-refractivity contribution >= 4 is 11.6 Å². The van der Waals surface area contributed by atoms with E-state index >= 15 is 0 Å². The monoisotopic (exact) mass is 375 g/mol. The minimum Gasteiger partial charge on any atom is -0.320 e. The Bertz CT molecular complexity index is 787. The summed E-state index contributed by atoms with van der Waals surface area (Å²) < 4.78 is 21.1. The molecule has 1 saturated carbocycles. The van der Waals surface area contributed by atoms with Crippen LogP contribution in [0, 0.1) is 29.5 Å². The highest BCUT2D eigenvalue weighted by molar-refractivity contribution is 5.97. The molecule has 5 aliphatic rings. The van der Waals surface area contributed by atoms with Crippen LogP contribution in [0.1, 0.15) is 46.5 Å². The normalized spacial score (nSPS) is 46.1. The molecule has 1 aromatic rings. The molecule has 4 heterocycles. The van der Waals surface area contributed by atoms with Gasteiger partial charge in [0, 0.05) is 18.3 Å². The van der Waals surface area contributed by atoms with Crippen molar-refractivity contribution in [2.24, 2.45) is 23.7 Å². The number of fused-ring (bicyclic) bond motifs is 2. The van der Waals surface area contributed by atoms with Gasteiger partial charge in [-0.15, -0.1) is 0 Å². The van der Waals surface area contributed by atoms with Crippen LogP contribution in [0.25, 0.3) is 0 Å². The predicted octanol–water partition coefficient (Wildman–Crippen LogP) is 4.02. The number of hydrogen-bond acceptors (Lipinski definition) is 4. The minimum absolute atomic E-state index is 0.00173. The number of piperidine rings is 1. The lowest BCUT2D eigenvalue weighted by Crippen LogP contribution is -2.75. The molecule has 6 rings (SSSR count). The lowest BCUT2D eigenvalue weighted by molar-refractivity contribution is -0.534. The van der Waals surface area contributed by atoms with E-state index in [4.69, 9.17) is 14.5 Å². The Labute approximate surface area is 158 Å². The Morgan fingerprint density at radius 2 is 1.89 bits per heavy atom. The fourth-order valence-electron chi connectivity index (χ4n) is 5.95. The van der Waals surface area contributed by atoms with Gasteiger partial charge >= 0.3 is 0 Å². The summed E-state index contributed by atoms with van der Waals surface area (Å²) in [6.45, 7) is 6.02. The molecule has 0 N–H and O–H groups in total. The van der Waals surface area contributed by atoms with Gasteiger partial charge in [-0.25, -0.2) is 14.2 Å². The molecule has 1 aliphatic carbocycles. The van der Waals surface area contributed by atoms with Crippen molar-refractivity contribution < 1.29 is 23.7 Å². The second-order valence-corrected chi connectivity index (χ2v) is 8.88. The lowest BCUT2D eigenvalue weighted by atomic mass is 9.57. The summed E-state index contributed by atoms with van der Waals surface area (Å²) in [5.41, 5.74) is -0.507. The highest BCUT2D eigenvalue weighted by atomic mass is 19.1. The molecule has 1 aromatic carbocycles. The third kappa shape index (κ3) is 2.23. The lowest BCUT2D eigenvalue weighted by Gasteiger charge is -2.61. The van der Waals surface area contributed by atoms with E-state index < -0.39 is 23.4 Å². The zero-order chi connectivity index (χ0) is 19.0. The Morgan fingerprint density at radius 1 is 1.11 bits per heavy atom. The predicted molar refractivity (Wildman–Crippen MR) is 95.8 cm³/mol. The molecule has 7 atom stereocenters. The van der Waals surface area contributed by atoms with E-state index in [0.717, 1.165) is 19.3 Å². The Morgan fingerprint density at radius 3 is 2.67 bits per heavy atom. The summed E-state index contributed by atoms with van der Waals surface area (Å²) in [5.74, 6) is -1.11. The number of nitrogens with zero attached hydrogens (tertiary/aromatic N) is 1. The van der Waals surface area contributed by atoms with Crippen LogP contribution in [-0.4, -0.2) is 23.5 Å². The summed E-state index contributed by atoms with van der Waals surface area (Å²) in [7, 11) is 0. The van der Waals surface area contributed by atoms with Crippen molar-refractivity contribution in [2.45, 2.75) is 64.1 Å². The number of hydrogen-bond donors (Lipinski definition) is 0. The molecular formula is C21H26FNO4. The zero-order valence-corrected chi connectivity index (χ0v) is 16.0. The molecule has 5 fully saturated rings. The van der Waals surface area contributed by atoms with Gasteiger partial charge in [0.05, 0.1) is 5.69 Å². The molecule has 1 amide bonds. The number of amides is 1. The molecule has 2 bridgehead atoms. The second kappa shape index (κ2) is 5.75. The minimum atomic E-state index is -0.929. The van der Waals surface area contributed by atoms with E-state index in [-0.39, 0.29) is 29.3 Å². The maximum absolute atomic E-state index is 14.7. The zero-order valence-electron chi connectivity index (χ0n) is 16.0. The van der Waals surface area contributed by atoms with Crippen LogP contribution >= 0.6 is 0 Å². The molecule has 4 aliphatic heterocycles. The molecule has 27 heavy (non-hydrogen) atoms. The Kier molecular flexibility index (Phi) is 3.75. The Balaban J connectivity index is 1.72. The van der Waals surface area contributed by atoms with Crippen LogP contribution in [0.4, 0.5) is 10.1 Å². The number of anilines is 1. The molecule has 4 saturated heterocycles. The van der Waals surface area contributed by atoms with Crippen molar-refractivity contribution in [3.05, 3.63) is 30.1 Å². The first-order valence-corrected chi connectivity index (χ1v) is 9.99. The molecule has 0 radical (unpaired) electrons. The first-order chi connectivity index (χ1) is 12.9. The van der Waals surface area contributed by atoms with E-state index in [9.17, 15) is 9.18 Å². The maximum atomic E-state index is 14.7. The quantitative estimate of drug-likeness (QED) is 0.696. The number of carbonyl (C=O) groups is 1. The van der Waals surface area contributed by atoms with Crippen LogP contribution in [0.3, 0.4) is 0 Å². The first-order valence-electron chi connectivity index (χ1n) is 9.99. The van der Waals surface area contributed by atoms with Crippen LogP contribution in [0.5, 0.6) is 0 Å². The molecule has 1 spiro atoms. The SMILES string of the molecule is CC1CCC2C(C)C(=O)N(c3ccccc3F)C3OC4(C)CCC1[C@@]23OO4. The van der Waals surface area contributed by atoms with E-state index in [0.29, 0.717) is 12.3 Å². The summed E-state index contributed by atoms with van der Waals surface area (Å²) in [6, 6.07) is 6.40. The van der Waals surface area contributed by atoms with Gasteiger partial charge in [-0.3, -0.25) is 9.69 Å². The summed E-state index contributed by atoms with van der Waals surface area (Å²) in [4.78, 5) is 26.9. The third-order valence-corrected chi connectivity index (χ3v) is 7.37. The molecular weight excluding hydrogens is 349 g/mol. The molecule has 146 valence electrons.